The topological polar surface area (TPSA) is 68.0 Å². The number of carbonyl (C=O) groups excluding carboxylic acids is 1. The molecule has 0 saturated heterocycles. The molecule has 0 spiro atoms. The highest BCUT2D eigenvalue weighted by Crippen LogP contribution is 2.10. The van der Waals surface area contributed by atoms with Crippen LogP contribution in [0.15, 0.2) is 28.9 Å². The van der Waals surface area contributed by atoms with Gasteiger partial charge in [0.1, 0.15) is 10.9 Å². The van der Waals surface area contributed by atoms with Gasteiger partial charge in [-0.05, 0) is 19.1 Å². The first-order valence-corrected chi connectivity index (χ1v) is 4.88. The van der Waals surface area contributed by atoms with E-state index in [0.29, 0.717) is 11.6 Å². The van der Waals surface area contributed by atoms with Gasteiger partial charge in [0.25, 0.3) is 5.91 Å². The van der Waals surface area contributed by atoms with E-state index in [1.54, 1.807) is 19.1 Å². The van der Waals surface area contributed by atoms with E-state index in [2.05, 4.69) is 15.3 Å². The Morgan fingerprint density at radius 1 is 1.38 bits per heavy atom. The van der Waals surface area contributed by atoms with Crippen LogP contribution in [-0.4, -0.2) is 15.9 Å². The second kappa shape index (κ2) is 4.32. The molecule has 0 bridgehead atoms. The fraction of sp³-hybridized carbons (Fsp3) is 0.100. The van der Waals surface area contributed by atoms with E-state index in [-0.39, 0.29) is 16.8 Å². The maximum atomic E-state index is 11.6. The molecule has 0 unspecified atom stereocenters. The number of hydrogen-bond acceptors (Lipinski definition) is 4. The monoisotopic (exact) mass is 237 g/mol. The number of aromatic nitrogens is 2. The molecule has 16 heavy (non-hydrogen) atoms. The van der Waals surface area contributed by atoms with Crippen LogP contribution in [0.5, 0.6) is 0 Å². The Morgan fingerprint density at radius 2 is 2.19 bits per heavy atom. The molecule has 0 fully saturated rings. The van der Waals surface area contributed by atoms with E-state index < -0.39 is 0 Å². The Balaban J connectivity index is 2.10. The molecule has 82 valence electrons. The molecule has 0 aliphatic rings. The van der Waals surface area contributed by atoms with Crippen LogP contribution in [-0.2, 0) is 0 Å². The molecule has 0 saturated carbocycles. The zero-order chi connectivity index (χ0) is 11.5. The van der Waals surface area contributed by atoms with Gasteiger partial charge >= 0.3 is 0 Å². The Morgan fingerprint density at radius 3 is 2.75 bits per heavy atom. The van der Waals surface area contributed by atoms with E-state index in [4.69, 9.17) is 16.0 Å². The predicted molar refractivity (Wildman–Crippen MR) is 58.4 cm³/mol. The summed E-state index contributed by atoms with van der Waals surface area (Å²) in [5, 5.41) is 2.80. The summed E-state index contributed by atoms with van der Waals surface area (Å²) in [5.74, 6) is 0.856. The van der Waals surface area contributed by atoms with Crippen molar-refractivity contribution in [3.8, 4) is 0 Å². The van der Waals surface area contributed by atoms with E-state index in [1.807, 2.05) is 0 Å². The number of hydrogen-bond donors (Lipinski definition) is 1. The van der Waals surface area contributed by atoms with E-state index in [0.717, 1.165) is 0 Å². The number of carbonyl (C=O) groups is 1. The smallest absolute Gasteiger partial charge is 0.292 e. The van der Waals surface area contributed by atoms with Crippen LogP contribution in [0.25, 0.3) is 0 Å². The van der Waals surface area contributed by atoms with Crippen molar-refractivity contribution in [2.24, 2.45) is 0 Å². The summed E-state index contributed by atoms with van der Waals surface area (Å²) in [4.78, 5) is 19.3. The van der Waals surface area contributed by atoms with Crippen LogP contribution >= 0.6 is 11.6 Å². The number of aryl methyl sites for hydroxylation is 1. The highest BCUT2D eigenvalue weighted by Gasteiger charge is 2.10. The number of furan rings is 1. The molecule has 5 nitrogen and oxygen atoms in total. The molecular formula is C10H8ClN3O2. The van der Waals surface area contributed by atoms with Crippen LogP contribution in [0.4, 0.5) is 5.82 Å². The third-order valence-electron chi connectivity index (χ3n) is 1.83. The Bertz CT molecular complexity index is 507. The van der Waals surface area contributed by atoms with Crippen molar-refractivity contribution < 1.29 is 9.21 Å². The Labute approximate surface area is 96.5 Å². The van der Waals surface area contributed by atoms with Gasteiger partial charge in [-0.15, -0.1) is 0 Å². The summed E-state index contributed by atoms with van der Waals surface area (Å²) in [6, 6.07) is 3.30. The van der Waals surface area contributed by atoms with Gasteiger partial charge in [-0.25, -0.2) is 9.97 Å². The molecule has 2 aromatic heterocycles. The standard InChI is InChI=1S/C10H8ClN3O2/c1-6-2-3-7(16-6)10(15)14-9-5-12-8(11)4-13-9/h2-5H,1H3,(H,13,14,15). The molecule has 1 amide bonds. The van der Waals surface area contributed by atoms with Gasteiger partial charge in [-0.2, -0.15) is 0 Å². The minimum absolute atomic E-state index is 0.231. The zero-order valence-corrected chi connectivity index (χ0v) is 9.15. The fourth-order valence-corrected chi connectivity index (χ4v) is 1.21. The molecule has 1 N–H and O–H groups in total. The van der Waals surface area contributed by atoms with E-state index >= 15 is 0 Å². The molecule has 0 atom stereocenters. The third kappa shape index (κ3) is 2.38. The number of amides is 1. The lowest BCUT2D eigenvalue weighted by Gasteiger charge is -2.00. The maximum Gasteiger partial charge on any atom is 0.292 e. The van der Waals surface area contributed by atoms with Crippen molar-refractivity contribution in [1.29, 1.82) is 0 Å². The number of nitrogens with one attached hydrogen (secondary N) is 1. The lowest BCUT2D eigenvalue weighted by atomic mass is 10.4. The van der Waals surface area contributed by atoms with Crippen LogP contribution < -0.4 is 5.32 Å². The first kappa shape index (κ1) is 10.6. The number of halogens is 1. The van der Waals surface area contributed by atoms with Crippen molar-refractivity contribution in [3.63, 3.8) is 0 Å². The molecule has 2 rings (SSSR count). The van der Waals surface area contributed by atoms with Crippen LogP contribution in [0.1, 0.15) is 16.3 Å². The first-order valence-electron chi connectivity index (χ1n) is 4.50. The molecule has 0 aromatic carbocycles. The molecule has 0 aliphatic heterocycles. The van der Waals surface area contributed by atoms with Gasteiger partial charge in [0.2, 0.25) is 0 Å². The average molecular weight is 238 g/mol. The van der Waals surface area contributed by atoms with Gasteiger partial charge in [-0.3, -0.25) is 4.79 Å². The summed E-state index contributed by atoms with van der Waals surface area (Å²) in [6.45, 7) is 1.76. The molecule has 0 radical (unpaired) electrons. The van der Waals surface area contributed by atoms with Gasteiger partial charge in [-0.1, -0.05) is 11.6 Å². The zero-order valence-electron chi connectivity index (χ0n) is 8.40. The highest BCUT2D eigenvalue weighted by molar-refractivity contribution is 6.29. The van der Waals surface area contributed by atoms with Crippen molar-refractivity contribution >= 4 is 23.3 Å². The van der Waals surface area contributed by atoms with Crippen LogP contribution in [0, 0.1) is 6.92 Å². The van der Waals surface area contributed by atoms with Gasteiger partial charge in [0.15, 0.2) is 11.6 Å². The average Bonchev–Trinajstić information content (AvgIpc) is 2.68. The largest absolute Gasteiger partial charge is 0.456 e. The van der Waals surface area contributed by atoms with Gasteiger partial charge < -0.3 is 9.73 Å². The van der Waals surface area contributed by atoms with E-state index in [9.17, 15) is 4.79 Å². The summed E-state index contributed by atoms with van der Waals surface area (Å²) < 4.78 is 5.15. The molecule has 6 heteroatoms. The number of rotatable bonds is 2. The number of anilines is 1. The summed E-state index contributed by atoms with van der Waals surface area (Å²) in [5.41, 5.74) is 0. The fourth-order valence-electron chi connectivity index (χ4n) is 1.11. The van der Waals surface area contributed by atoms with E-state index in [1.165, 1.54) is 12.4 Å². The number of nitrogens with zero attached hydrogens (tertiary/aromatic N) is 2. The molecular weight excluding hydrogens is 230 g/mol. The van der Waals surface area contributed by atoms with Gasteiger partial charge in [0.05, 0.1) is 12.4 Å². The van der Waals surface area contributed by atoms with Crippen molar-refractivity contribution in [2.45, 2.75) is 6.92 Å². The molecule has 2 aromatic rings. The van der Waals surface area contributed by atoms with Crippen LogP contribution in [0.3, 0.4) is 0 Å². The minimum Gasteiger partial charge on any atom is -0.456 e. The highest BCUT2D eigenvalue weighted by atomic mass is 35.5. The summed E-state index contributed by atoms with van der Waals surface area (Å²) in [7, 11) is 0. The lowest BCUT2D eigenvalue weighted by Crippen LogP contribution is -2.12. The summed E-state index contributed by atoms with van der Waals surface area (Å²) >= 11 is 5.56. The predicted octanol–water partition coefficient (Wildman–Crippen LogP) is 2.28. The normalized spacial score (nSPS) is 10.1. The second-order valence-electron chi connectivity index (χ2n) is 3.09. The lowest BCUT2D eigenvalue weighted by molar-refractivity contribution is 0.0995. The quantitative estimate of drug-likeness (QED) is 0.870. The SMILES string of the molecule is Cc1ccc(C(=O)Nc2cnc(Cl)cn2)o1. The molecule has 2 heterocycles. The first-order chi connectivity index (χ1) is 7.65. The van der Waals surface area contributed by atoms with Crippen molar-refractivity contribution in [2.75, 3.05) is 5.32 Å². The minimum atomic E-state index is -0.371. The second-order valence-corrected chi connectivity index (χ2v) is 3.48. The maximum absolute atomic E-state index is 11.6. The summed E-state index contributed by atoms with van der Waals surface area (Å²) in [6.07, 6.45) is 2.72. The Kier molecular flexibility index (Phi) is 2.87. The Hall–Kier alpha value is -1.88. The van der Waals surface area contributed by atoms with Gasteiger partial charge in [0, 0.05) is 0 Å². The van der Waals surface area contributed by atoms with Crippen LogP contribution in [0.2, 0.25) is 5.15 Å². The third-order valence-corrected chi connectivity index (χ3v) is 2.02. The van der Waals surface area contributed by atoms with Crippen molar-refractivity contribution in [1.82, 2.24) is 9.97 Å². The van der Waals surface area contributed by atoms with Crippen molar-refractivity contribution in [3.05, 3.63) is 41.2 Å². The molecule has 0 aliphatic carbocycles.